The molecule has 4 heteroatoms. The Balaban J connectivity index is 0.00000133. The average molecular weight is 281 g/mol. The molecule has 3 rings (SSSR count). The number of nitrogens with two attached hydrogens (primary N) is 1. The van der Waals surface area contributed by atoms with Crippen LogP contribution < -0.4 is 5.73 Å². The van der Waals surface area contributed by atoms with Crippen LogP contribution in [0, 0.1) is 11.8 Å². The molecule has 1 aromatic rings. The van der Waals surface area contributed by atoms with E-state index in [0.717, 1.165) is 25.1 Å². The number of rotatable bonds is 1. The third-order valence-corrected chi connectivity index (χ3v) is 4.46. The molecule has 0 radical (unpaired) electrons. The number of carbonyl (C=O) groups is 1. The summed E-state index contributed by atoms with van der Waals surface area (Å²) in [4.78, 5) is 14.4. The highest BCUT2D eigenvalue weighted by atomic mass is 35.5. The Labute approximate surface area is 120 Å². The van der Waals surface area contributed by atoms with E-state index in [1.807, 2.05) is 35.2 Å². The average Bonchev–Trinajstić information content (AvgIpc) is 2.84. The van der Waals surface area contributed by atoms with Crippen LogP contribution in [0.15, 0.2) is 30.3 Å². The molecule has 1 aromatic carbocycles. The monoisotopic (exact) mass is 280 g/mol. The van der Waals surface area contributed by atoms with E-state index in [4.69, 9.17) is 5.73 Å². The molecule has 1 saturated carbocycles. The van der Waals surface area contributed by atoms with Crippen molar-refractivity contribution >= 4 is 18.3 Å². The van der Waals surface area contributed by atoms with E-state index in [2.05, 4.69) is 0 Å². The first-order chi connectivity index (χ1) is 8.75. The van der Waals surface area contributed by atoms with Crippen molar-refractivity contribution in [2.75, 3.05) is 13.1 Å². The van der Waals surface area contributed by atoms with Crippen LogP contribution in [0.25, 0.3) is 0 Å². The Bertz CT molecular complexity index is 437. The predicted molar refractivity (Wildman–Crippen MR) is 78.4 cm³/mol. The fourth-order valence-electron chi connectivity index (χ4n) is 3.45. The van der Waals surface area contributed by atoms with Gasteiger partial charge in [0.2, 0.25) is 0 Å². The predicted octanol–water partition coefficient (Wildman–Crippen LogP) is 2.31. The largest absolute Gasteiger partial charge is 0.338 e. The Morgan fingerprint density at radius 2 is 1.89 bits per heavy atom. The van der Waals surface area contributed by atoms with E-state index in [0.29, 0.717) is 11.8 Å². The highest BCUT2D eigenvalue weighted by molar-refractivity contribution is 5.94. The molecule has 1 amide bonds. The second-order valence-electron chi connectivity index (χ2n) is 5.59. The molecule has 3 atom stereocenters. The van der Waals surface area contributed by atoms with Gasteiger partial charge in [0, 0.05) is 24.7 Å². The quantitative estimate of drug-likeness (QED) is 0.858. The zero-order valence-electron chi connectivity index (χ0n) is 11.0. The molecule has 1 saturated heterocycles. The lowest BCUT2D eigenvalue weighted by Crippen LogP contribution is -2.38. The molecule has 0 spiro atoms. The summed E-state index contributed by atoms with van der Waals surface area (Å²) in [5, 5.41) is 0. The maximum Gasteiger partial charge on any atom is 0.253 e. The van der Waals surface area contributed by atoms with Crippen molar-refractivity contribution in [2.24, 2.45) is 17.6 Å². The Kier molecular flexibility index (Phi) is 4.48. The van der Waals surface area contributed by atoms with Gasteiger partial charge in [-0.15, -0.1) is 12.4 Å². The molecule has 2 aliphatic rings. The van der Waals surface area contributed by atoms with E-state index in [-0.39, 0.29) is 24.4 Å². The van der Waals surface area contributed by atoms with Crippen LogP contribution >= 0.6 is 12.4 Å². The lowest BCUT2D eigenvalue weighted by atomic mass is 9.78. The van der Waals surface area contributed by atoms with Gasteiger partial charge in [-0.3, -0.25) is 4.79 Å². The van der Waals surface area contributed by atoms with Gasteiger partial charge in [0.25, 0.3) is 5.91 Å². The smallest absolute Gasteiger partial charge is 0.253 e. The van der Waals surface area contributed by atoms with E-state index in [1.165, 1.54) is 12.8 Å². The summed E-state index contributed by atoms with van der Waals surface area (Å²) in [6, 6.07) is 9.85. The molecule has 19 heavy (non-hydrogen) atoms. The number of amides is 1. The molecule has 104 valence electrons. The van der Waals surface area contributed by atoms with Crippen molar-refractivity contribution in [1.29, 1.82) is 0 Å². The summed E-state index contributed by atoms with van der Waals surface area (Å²) >= 11 is 0. The van der Waals surface area contributed by atoms with Gasteiger partial charge in [-0.25, -0.2) is 0 Å². The zero-order chi connectivity index (χ0) is 12.5. The number of likely N-dealkylation sites (tertiary alicyclic amines) is 1. The molecule has 0 bridgehead atoms. The van der Waals surface area contributed by atoms with E-state index in [9.17, 15) is 4.79 Å². The second-order valence-corrected chi connectivity index (χ2v) is 5.59. The van der Waals surface area contributed by atoms with Crippen molar-refractivity contribution in [3.8, 4) is 0 Å². The summed E-state index contributed by atoms with van der Waals surface area (Å²) < 4.78 is 0. The first-order valence-corrected chi connectivity index (χ1v) is 6.85. The van der Waals surface area contributed by atoms with Gasteiger partial charge in [-0.2, -0.15) is 0 Å². The molecular formula is C15H21ClN2O. The minimum absolute atomic E-state index is 0. The number of halogens is 1. The van der Waals surface area contributed by atoms with Crippen molar-refractivity contribution in [1.82, 2.24) is 4.90 Å². The van der Waals surface area contributed by atoms with Gasteiger partial charge in [0.1, 0.15) is 0 Å². The van der Waals surface area contributed by atoms with Gasteiger partial charge in [-0.05, 0) is 36.8 Å². The summed E-state index contributed by atoms with van der Waals surface area (Å²) in [5.41, 5.74) is 6.98. The third kappa shape index (κ3) is 2.77. The van der Waals surface area contributed by atoms with Crippen molar-refractivity contribution < 1.29 is 4.79 Å². The number of nitrogens with zero attached hydrogens (tertiary/aromatic N) is 1. The number of hydrogen-bond acceptors (Lipinski definition) is 2. The molecule has 0 aromatic heterocycles. The number of fused-ring (bicyclic) bond motifs is 1. The van der Waals surface area contributed by atoms with Gasteiger partial charge in [0.15, 0.2) is 0 Å². The fraction of sp³-hybridized carbons (Fsp3) is 0.533. The normalized spacial score (nSPS) is 29.5. The van der Waals surface area contributed by atoms with Crippen LogP contribution in [-0.2, 0) is 0 Å². The molecular weight excluding hydrogens is 260 g/mol. The van der Waals surface area contributed by atoms with Crippen molar-refractivity contribution in [3.63, 3.8) is 0 Å². The number of hydrogen-bond donors (Lipinski definition) is 1. The van der Waals surface area contributed by atoms with Crippen LogP contribution in [0.4, 0.5) is 0 Å². The van der Waals surface area contributed by atoms with Gasteiger partial charge in [-0.1, -0.05) is 24.6 Å². The van der Waals surface area contributed by atoms with E-state index >= 15 is 0 Å². The Morgan fingerprint density at radius 3 is 2.58 bits per heavy atom. The molecule has 2 fully saturated rings. The van der Waals surface area contributed by atoms with E-state index in [1.54, 1.807) is 0 Å². The maximum absolute atomic E-state index is 12.4. The third-order valence-electron chi connectivity index (χ3n) is 4.46. The lowest BCUT2D eigenvalue weighted by molar-refractivity contribution is 0.0783. The molecule has 1 aliphatic carbocycles. The minimum Gasteiger partial charge on any atom is -0.338 e. The lowest BCUT2D eigenvalue weighted by Gasteiger charge is -2.29. The van der Waals surface area contributed by atoms with Crippen LogP contribution in [-0.4, -0.2) is 29.9 Å². The number of benzene rings is 1. The van der Waals surface area contributed by atoms with Crippen molar-refractivity contribution in [3.05, 3.63) is 35.9 Å². The highest BCUT2D eigenvalue weighted by Crippen LogP contribution is 2.35. The first kappa shape index (κ1) is 14.4. The first-order valence-electron chi connectivity index (χ1n) is 6.85. The molecule has 2 N–H and O–H groups in total. The van der Waals surface area contributed by atoms with Gasteiger partial charge < -0.3 is 10.6 Å². The van der Waals surface area contributed by atoms with Crippen LogP contribution in [0.2, 0.25) is 0 Å². The standard InChI is InChI=1S/C15H20N2O.ClH/c16-14-8-4-7-12-9-17(10-13(12)14)15(18)11-5-2-1-3-6-11;/h1-3,5-6,12-14H,4,7-10,16H2;1H. The molecule has 3 nitrogen and oxygen atoms in total. The summed E-state index contributed by atoms with van der Waals surface area (Å²) in [6.45, 7) is 1.74. The second kappa shape index (κ2) is 5.93. The molecule has 3 unspecified atom stereocenters. The zero-order valence-corrected chi connectivity index (χ0v) is 11.8. The number of carbonyl (C=O) groups excluding carboxylic acids is 1. The van der Waals surface area contributed by atoms with Gasteiger partial charge >= 0.3 is 0 Å². The topological polar surface area (TPSA) is 46.3 Å². The van der Waals surface area contributed by atoms with E-state index < -0.39 is 0 Å². The summed E-state index contributed by atoms with van der Waals surface area (Å²) in [7, 11) is 0. The summed E-state index contributed by atoms with van der Waals surface area (Å²) in [5.74, 6) is 1.31. The van der Waals surface area contributed by atoms with Crippen LogP contribution in [0.3, 0.4) is 0 Å². The Hall–Kier alpha value is -1.06. The highest BCUT2D eigenvalue weighted by Gasteiger charge is 2.40. The van der Waals surface area contributed by atoms with Gasteiger partial charge in [0.05, 0.1) is 0 Å². The maximum atomic E-state index is 12.4. The SMILES string of the molecule is Cl.NC1CCCC2CN(C(=O)c3ccccc3)CC12. The van der Waals surface area contributed by atoms with Crippen molar-refractivity contribution in [2.45, 2.75) is 25.3 Å². The summed E-state index contributed by atoms with van der Waals surface area (Å²) in [6.07, 6.45) is 3.57. The van der Waals surface area contributed by atoms with Crippen LogP contribution in [0.5, 0.6) is 0 Å². The van der Waals surface area contributed by atoms with Crippen LogP contribution in [0.1, 0.15) is 29.6 Å². The minimum atomic E-state index is 0. The fourth-order valence-corrected chi connectivity index (χ4v) is 3.45. The molecule has 1 aliphatic heterocycles. The molecule has 1 heterocycles. The Morgan fingerprint density at radius 1 is 1.16 bits per heavy atom.